The molecule has 0 fully saturated rings. The van der Waals surface area contributed by atoms with E-state index in [0.29, 0.717) is 5.69 Å². The quantitative estimate of drug-likeness (QED) is 0.536. The van der Waals surface area contributed by atoms with Gasteiger partial charge in [0.2, 0.25) is 5.82 Å². The molecule has 0 aliphatic rings. The predicted octanol–water partition coefficient (Wildman–Crippen LogP) is -0.150. The lowest BCUT2D eigenvalue weighted by molar-refractivity contribution is 0.0698. The van der Waals surface area contributed by atoms with E-state index in [9.17, 15) is 9.90 Å². The maximum atomic E-state index is 11.3. The second-order valence-electron chi connectivity index (χ2n) is 4.34. The monoisotopic (exact) mass is 324 g/mol. The first-order chi connectivity index (χ1) is 11.7. The molecule has 0 unspecified atom stereocenters. The van der Waals surface area contributed by atoms with Gasteiger partial charge >= 0.3 is 5.97 Å². The third-order valence-corrected chi connectivity index (χ3v) is 2.93. The number of nitrogens with one attached hydrogen (secondary N) is 2. The molecule has 1 aromatic carbocycles. The highest BCUT2D eigenvalue weighted by molar-refractivity contribution is 5.95. The van der Waals surface area contributed by atoms with Crippen LogP contribution in [-0.4, -0.2) is 51.9 Å². The van der Waals surface area contributed by atoms with E-state index in [2.05, 4.69) is 41.5 Å². The topological polar surface area (TPSA) is 171 Å². The molecule has 3 N–H and O–H groups in total. The number of nitriles is 1. The van der Waals surface area contributed by atoms with Crippen molar-refractivity contribution in [3.63, 3.8) is 0 Å². The molecule has 0 atom stereocenters. The van der Waals surface area contributed by atoms with Crippen molar-refractivity contribution in [2.24, 2.45) is 0 Å². The molecule has 0 aliphatic heterocycles. The molecule has 0 spiro atoms. The summed E-state index contributed by atoms with van der Waals surface area (Å²) in [5.74, 6) is -1.05. The molecule has 118 valence electrons. The van der Waals surface area contributed by atoms with Crippen molar-refractivity contribution >= 4 is 17.2 Å². The first kappa shape index (κ1) is 14.8. The maximum Gasteiger partial charge on any atom is 0.337 e. The van der Waals surface area contributed by atoms with Gasteiger partial charge in [0.25, 0.3) is 0 Å². The summed E-state index contributed by atoms with van der Waals surface area (Å²) in [6.45, 7) is 0. The van der Waals surface area contributed by atoms with Gasteiger partial charge in [-0.25, -0.2) is 9.48 Å². The Labute approximate surface area is 133 Å². The number of H-pyrrole nitrogens is 1. The SMILES string of the molecule is N#CC(=CNc1cc(-n2cnnn2)ccc1C(=O)O)c1nn[nH]n1. The molecule has 2 heterocycles. The van der Waals surface area contributed by atoms with E-state index in [-0.39, 0.29) is 22.6 Å². The summed E-state index contributed by atoms with van der Waals surface area (Å²) in [6, 6.07) is 6.38. The molecule has 0 amide bonds. The molecule has 0 bridgehead atoms. The Morgan fingerprint density at radius 3 is 2.96 bits per heavy atom. The normalized spacial score (nSPS) is 11.0. The predicted molar refractivity (Wildman–Crippen MR) is 77.5 cm³/mol. The summed E-state index contributed by atoms with van der Waals surface area (Å²) in [6.07, 6.45) is 2.66. The largest absolute Gasteiger partial charge is 0.478 e. The van der Waals surface area contributed by atoms with Gasteiger partial charge in [-0.1, -0.05) is 0 Å². The number of anilines is 1. The lowest BCUT2D eigenvalue weighted by atomic mass is 10.1. The molecule has 0 saturated carbocycles. The number of aromatic nitrogens is 8. The van der Waals surface area contributed by atoms with Crippen molar-refractivity contribution in [3.05, 3.63) is 42.1 Å². The number of tetrazole rings is 2. The zero-order valence-electron chi connectivity index (χ0n) is 11.8. The number of allylic oxidation sites excluding steroid dienone is 1. The van der Waals surface area contributed by atoms with Gasteiger partial charge in [-0.2, -0.15) is 10.5 Å². The summed E-state index contributed by atoms with van der Waals surface area (Å²) in [5.41, 5.74) is 0.868. The van der Waals surface area contributed by atoms with Gasteiger partial charge in [0.15, 0.2) is 0 Å². The van der Waals surface area contributed by atoms with Crippen molar-refractivity contribution in [1.82, 2.24) is 40.8 Å². The molecular weight excluding hydrogens is 316 g/mol. The van der Waals surface area contributed by atoms with E-state index in [4.69, 9.17) is 5.26 Å². The van der Waals surface area contributed by atoms with Crippen LogP contribution in [-0.2, 0) is 0 Å². The maximum absolute atomic E-state index is 11.3. The van der Waals surface area contributed by atoms with E-state index in [0.717, 1.165) is 0 Å². The first-order valence-electron chi connectivity index (χ1n) is 6.40. The molecule has 0 aliphatic carbocycles. The summed E-state index contributed by atoms with van der Waals surface area (Å²) >= 11 is 0. The van der Waals surface area contributed by atoms with Crippen molar-refractivity contribution in [3.8, 4) is 11.8 Å². The van der Waals surface area contributed by atoms with Crippen LogP contribution >= 0.6 is 0 Å². The van der Waals surface area contributed by atoms with E-state index < -0.39 is 5.97 Å². The fourth-order valence-corrected chi connectivity index (χ4v) is 1.83. The number of nitrogens with zero attached hydrogens (tertiary/aromatic N) is 8. The minimum absolute atomic E-state index is 0.00785. The van der Waals surface area contributed by atoms with Crippen molar-refractivity contribution in [2.75, 3.05) is 5.32 Å². The van der Waals surface area contributed by atoms with Crippen LogP contribution < -0.4 is 5.32 Å². The minimum atomic E-state index is -1.13. The van der Waals surface area contributed by atoms with Crippen LogP contribution in [0.2, 0.25) is 0 Å². The van der Waals surface area contributed by atoms with Crippen LogP contribution in [0.3, 0.4) is 0 Å². The van der Waals surface area contributed by atoms with Crippen molar-refractivity contribution in [1.29, 1.82) is 5.26 Å². The second-order valence-corrected chi connectivity index (χ2v) is 4.34. The Morgan fingerprint density at radius 2 is 2.33 bits per heavy atom. The molecule has 3 aromatic rings. The van der Waals surface area contributed by atoms with E-state index >= 15 is 0 Å². The molecule has 24 heavy (non-hydrogen) atoms. The average Bonchev–Trinajstić information content (AvgIpc) is 3.29. The summed E-state index contributed by atoms with van der Waals surface area (Å²) in [5, 5.41) is 44.9. The number of benzene rings is 1. The number of aromatic carboxylic acids is 1. The van der Waals surface area contributed by atoms with Gasteiger partial charge in [0.1, 0.15) is 18.0 Å². The van der Waals surface area contributed by atoms with Gasteiger partial charge in [0, 0.05) is 6.20 Å². The Balaban J connectivity index is 1.97. The van der Waals surface area contributed by atoms with Crippen LogP contribution in [0.5, 0.6) is 0 Å². The molecule has 0 radical (unpaired) electrons. The smallest absolute Gasteiger partial charge is 0.337 e. The molecule has 3 rings (SSSR count). The fourth-order valence-electron chi connectivity index (χ4n) is 1.83. The number of aromatic amines is 1. The number of carboxylic acid groups (broad SMARTS) is 1. The zero-order chi connectivity index (χ0) is 16.9. The zero-order valence-corrected chi connectivity index (χ0v) is 11.8. The standard InChI is InChI=1S/C12H8N10O2/c13-4-7(11-16-19-20-17-11)5-14-10-3-8(22-6-15-18-21-22)1-2-9(10)12(23)24/h1-3,5-6,14H,(H,23,24)(H,16,17,19,20). The second kappa shape index (κ2) is 6.32. The number of hydrogen-bond acceptors (Lipinski definition) is 9. The molecular formula is C12H8N10O2. The number of carboxylic acids is 1. The van der Waals surface area contributed by atoms with Crippen molar-refractivity contribution in [2.45, 2.75) is 0 Å². The highest BCUT2D eigenvalue weighted by atomic mass is 16.4. The van der Waals surface area contributed by atoms with Gasteiger partial charge in [0.05, 0.1) is 16.9 Å². The lowest BCUT2D eigenvalue weighted by Crippen LogP contribution is -2.05. The van der Waals surface area contributed by atoms with E-state index in [1.807, 2.05) is 6.07 Å². The fraction of sp³-hybridized carbons (Fsp3) is 0. The van der Waals surface area contributed by atoms with Crippen LogP contribution in [0.4, 0.5) is 5.69 Å². The first-order valence-corrected chi connectivity index (χ1v) is 6.40. The Bertz CT molecular complexity index is 923. The highest BCUT2D eigenvalue weighted by Gasteiger charge is 2.12. The number of carbonyl (C=O) groups is 1. The van der Waals surface area contributed by atoms with Gasteiger partial charge < -0.3 is 10.4 Å². The summed E-state index contributed by atoms with van der Waals surface area (Å²) in [7, 11) is 0. The Kier molecular flexibility index (Phi) is 3.89. The van der Waals surface area contributed by atoms with E-state index in [1.165, 1.54) is 29.3 Å². The summed E-state index contributed by atoms with van der Waals surface area (Å²) < 4.78 is 1.37. The van der Waals surface area contributed by atoms with Crippen LogP contribution in [0.1, 0.15) is 16.2 Å². The number of rotatable bonds is 5. The van der Waals surface area contributed by atoms with Gasteiger partial charge in [-0.15, -0.1) is 15.3 Å². The van der Waals surface area contributed by atoms with Gasteiger partial charge in [-0.05, 0) is 33.8 Å². The number of hydrogen-bond donors (Lipinski definition) is 3. The Morgan fingerprint density at radius 1 is 1.46 bits per heavy atom. The third kappa shape index (κ3) is 2.90. The average molecular weight is 324 g/mol. The molecule has 2 aromatic heterocycles. The molecule has 12 heteroatoms. The van der Waals surface area contributed by atoms with Crippen LogP contribution in [0.25, 0.3) is 11.3 Å². The third-order valence-electron chi connectivity index (χ3n) is 2.93. The van der Waals surface area contributed by atoms with Crippen LogP contribution in [0.15, 0.2) is 30.7 Å². The van der Waals surface area contributed by atoms with Crippen LogP contribution in [0, 0.1) is 11.3 Å². The summed E-state index contributed by atoms with van der Waals surface area (Å²) in [4.78, 5) is 11.3. The minimum Gasteiger partial charge on any atom is -0.478 e. The van der Waals surface area contributed by atoms with Crippen molar-refractivity contribution < 1.29 is 9.90 Å². The molecule has 0 saturated heterocycles. The lowest BCUT2D eigenvalue weighted by Gasteiger charge is -2.08. The Hall–Kier alpha value is -4.14. The highest BCUT2D eigenvalue weighted by Crippen LogP contribution is 2.21. The van der Waals surface area contributed by atoms with Gasteiger partial charge in [-0.3, -0.25) is 0 Å². The van der Waals surface area contributed by atoms with E-state index in [1.54, 1.807) is 6.07 Å². The molecule has 12 nitrogen and oxygen atoms in total.